The number of phenols is 2. The van der Waals surface area contributed by atoms with Gasteiger partial charge in [-0.2, -0.15) is 0 Å². The van der Waals surface area contributed by atoms with Crippen LogP contribution in [0.2, 0.25) is 0 Å². The average molecular weight is 265 g/mol. The highest BCUT2D eigenvalue weighted by Gasteiger charge is 2.12. The summed E-state index contributed by atoms with van der Waals surface area (Å²) in [6.07, 6.45) is 0.282. The summed E-state index contributed by atoms with van der Waals surface area (Å²) in [5.74, 6) is 4.28. The van der Waals surface area contributed by atoms with E-state index in [2.05, 4.69) is 14.8 Å². The van der Waals surface area contributed by atoms with Crippen LogP contribution in [0.1, 0.15) is 5.69 Å². The second-order valence-corrected chi connectivity index (χ2v) is 3.64. The molecule has 0 saturated heterocycles. The molecular formula is C11H11N3O5. The van der Waals surface area contributed by atoms with Crippen molar-refractivity contribution in [3.63, 3.8) is 0 Å². The van der Waals surface area contributed by atoms with Crippen LogP contribution in [0.25, 0.3) is 11.0 Å². The average Bonchev–Trinajstić information content (AvgIpc) is 2.39. The smallest absolute Gasteiger partial charge is 0.299 e. The maximum Gasteiger partial charge on any atom is 0.299 e. The molecule has 0 bridgehead atoms. The third-order valence-corrected chi connectivity index (χ3v) is 2.41. The number of hydrogen-bond acceptors (Lipinski definition) is 8. The Morgan fingerprint density at radius 2 is 1.84 bits per heavy atom. The molecule has 0 radical (unpaired) electrons. The first-order valence-electron chi connectivity index (χ1n) is 5.30. The van der Waals surface area contributed by atoms with Crippen molar-refractivity contribution in [3.8, 4) is 17.4 Å². The molecule has 0 aliphatic carbocycles. The molecule has 4 N–H and O–H groups in total. The van der Waals surface area contributed by atoms with Crippen LogP contribution in [0.3, 0.4) is 0 Å². The van der Waals surface area contributed by atoms with Gasteiger partial charge in [-0.05, 0) is 0 Å². The van der Waals surface area contributed by atoms with Crippen LogP contribution in [0, 0.1) is 0 Å². The molecule has 100 valence electrons. The first-order valence-corrected chi connectivity index (χ1v) is 5.30. The monoisotopic (exact) mass is 265 g/mol. The number of carbonyl (C=O) groups is 1. The molecule has 0 unspecified atom stereocenters. The highest BCUT2D eigenvalue weighted by atomic mass is 16.6. The molecule has 1 aromatic heterocycles. The summed E-state index contributed by atoms with van der Waals surface area (Å²) in [5, 5.41) is 18.8. The maximum absolute atomic E-state index is 10.4. The Morgan fingerprint density at radius 3 is 2.42 bits per heavy atom. The van der Waals surface area contributed by atoms with E-state index in [1.165, 1.54) is 12.1 Å². The van der Waals surface area contributed by atoms with Crippen molar-refractivity contribution in [3.05, 3.63) is 17.8 Å². The Morgan fingerprint density at radius 1 is 1.21 bits per heavy atom. The minimum atomic E-state index is -0.336. The van der Waals surface area contributed by atoms with Crippen molar-refractivity contribution in [2.45, 2.75) is 6.42 Å². The largest absolute Gasteiger partial charge is 0.504 e. The molecule has 8 nitrogen and oxygen atoms in total. The van der Waals surface area contributed by atoms with Gasteiger partial charge in [0.15, 0.2) is 11.5 Å². The van der Waals surface area contributed by atoms with Gasteiger partial charge in [-0.15, -0.1) is 0 Å². The van der Waals surface area contributed by atoms with Gasteiger partial charge >= 0.3 is 0 Å². The molecule has 8 heteroatoms. The normalized spacial score (nSPS) is 10.6. The Kier molecular flexibility index (Phi) is 3.74. The van der Waals surface area contributed by atoms with E-state index in [-0.39, 0.29) is 42.4 Å². The number of hydrogen-bond donors (Lipinski definition) is 3. The van der Waals surface area contributed by atoms with Crippen molar-refractivity contribution in [2.75, 3.05) is 6.61 Å². The van der Waals surface area contributed by atoms with Crippen molar-refractivity contribution in [1.82, 2.24) is 9.97 Å². The highest BCUT2D eigenvalue weighted by molar-refractivity contribution is 5.79. The van der Waals surface area contributed by atoms with Gasteiger partial charge in [0.25, 0.3) is 6.47 Å². The lowest BCUT2D eigenvalue weighted by molar-refractivity contribution is -0.121. The molecule has 2 rings (SSSR count). The third-order valence-electron chi connectivity index (χ3n) is 2.41. The van der Waals surface area contributed by atoms with Crippen molar-refractivity contribution in [2.24, 2.45) is 5.90 Å². The molecule has 0 saturated carbocycles. The molecule has 0 aliphatic rings. The van der Waals surface area contributed by atoms with Crippen LogP contribution in [-0.4, -0.2) is 33.3 Å². The zero-order valence-corrected chi connectivity index (χ0v) is 9.74. The van der Waals surface area contributed by atoms with Crippen LogP contribution in [0.5, 0.6) is 17.4 Å². The van der Waals surface area contributed by atoms with Crippen molar-refractivity contribution < 1.29 is 24.6 Å². The fraction of sp³-hybridized carbons (Fsp3) is 0.182. The second kappa shape index (κ2) is 5.46. The number of ether oxygens (including phenoxy) is 1. The van der Waals surface area contributed by atoms with E-state index in [9.17, 15) is 15.0 Å². The number of fused-ring (bicyclic) bond motifs is 1. The van der Waals surface area contributed by atoms with Gasteiger partial charge in [0.2, 0.25) is 5.88 Å². The van der Waals surface area contributed by atoms with Crippen molar-refractivity contribution >= 4 is 17.5 Å². The van der Waals surface area contributed by atoms with Gasteiger partial charge in [-0.1, -0.05) is 0 Å². The molecule has 1 heterocycles. The topological polar surface area (TPSA) is 128 Å². The van der Waals surface area contributed by atoms with E-state index in [0.29, 0.717) is 11.2 Å². The van der Waals surface area contributed by atoms with E-state index < -0.39 is 0 Å². The lowest BCUT2D eigenvalue weighted by atomic mass is 10.2. The summed E-state index contributed by atoms with van der Waals surface area (Å²) in [6, 6.07) is 2.48. The number of rotatable bonds is 5. The van der Waals surface area contributed by atoms with Crippen LogP contribution in [0.15, 0.2) is 12.1 Å². The van der Waals surface area contributed by atoms with Gasteiger partial charge in [-0.25, -0.2) is 15.9 Å². The molecule has 19 heavy (non-hydrogen) atoms. The van der Waals surface area contributed by atoms with Gasteiger partial charge in [-0.3, -0.25) is 4.79 Å². The van der Waals surface area contributed by atoms with Gasteiger partial charge in [0.1, 0.15) is 5.69 Å². The Bertz CT molecular complexity index is 617. The summed E-state index contributed by atoms with van der Waals surface area (Å²) < 4.78 is 4.72. The molecule has 0 spiro atoms. The molecule has 0 atom stereocenters. The Hall–Kier alpha value is -2.45. The molecular weight excluding hydrogens is 254 g/mol. The van der Waals surface area contributed by atoms with Gasteiger partial charge < -0.3 is 19.8 Å². The van der Waals surface area contributed by atoms with Gasteiger partial charge in [0.05, 0.1) is 17.6 Å². The number of benzene rings is 1. The molecule has 2 aromatic rings. The number of aromatic hydroxyl groups is 2. The van der Waals surface area contributed by atoms with Crippen molar-refractivity contribution in [1.29, 1.82) is 0 Å². The van der Waals surface area contributed by atoms with Crippen LogP contribution >= 0.6 is 0 Å². The number of aromatic nitrogens is 2. The predicted octanol–water partition coefficient (Wildman–Crippen LogP) is 0.00900. The van der Waals surface area contributed by atoms with Crippen LogP contribution < -0.4 is 10.6 Å². The van der Waals surface area contributed by atoms with E-state index in [1.807, 2.05) is 0 Å². The fourth-order valence-corrected chi connectivity index (χ4v) is 1.56. The first-order chi connectivity index (χ1) is 9.15. The summed E-state index contributed by atoms with van der Waals surface area (Å²) in [7, 11) is 0. The number of nitrogens with zero attached hydrogens (tertiary/aromatic N) is 2. The molecule has 0 aliphatic heterocycles. The maximum atomic E-state index is 10.4. The Labute approximate surface area is 107 Å². The molecule has 0 fully saturated rings. The van der Waals surface area contributed by atoms with Crippen LogP contribution in [0.4, 0.5) is 0 Å². The minimum Gasteiger partial charge on any atom is -0.504 e. The lowest BCUT2D eigenvalue weighted by Gasteiger charge is -2.08. The quantitative estimate of drug-likeness (QED) is 0.392. The van der Waals surface area contributed by atoms with E-state index >= 15 is 0 Å². The van der Waals surface area contributed by atoms with E-state index in [1.54, 1.807) is 0 Å². The number of phenolic OH excluding ortho intramolecular Hbond substituents is 2. The number of nitrogens with two attached hydrogens (primary N) is 1. The van der Waals surface area contributed by atoms with E-state index in [0.717, 1.165) is 0 Å². The van der Waals surface area contributed by atoms with Crippen LogP contribution in [-0.2, 0) is 16.1 Å². The molecule has 1 aromatic carbocycles. The zero-order chi connectivity index (χ0) is 13.8. The van der Waals surface area contributed by atoms with Gasteiger partial charge in [0, 0.05) is 18.6 Å². The number of carbonyl (C=O) groups excluding carboxylic acids is 1. The third kappa shape index (κ3) is 2.69. The Balaban J connectivity index is 2.54. The summed E-state index contributed by atoms with van der Waals surface area (Å²) in [4.78, 5) is 23.1. The predicted molar refractivity (Wildman–Crippen MR) is 63.4 cm³/mol. The fourth-order valence-electron chi connectivity index (χ4n) is 1.56. The minimum absolute atomic E-state index is 0.00430. The highest BCUT2D eigenvalue weighted by Crippen LogP contribution is 2.30. The first kappa shape index (κ1) is 13.0. The SMILES string of the molecule is NOCCc1nc2cc(O)c(O)cc2nc1OC=O. The second-order valence-electron chi connectivity index (χ2n) is 3.64. The lowest BCUT2D eigenvalue weighted by Crippen LogP contribution is -2.08. The zero-order valence-electron chi connectivity index (χ0n) is 9.74. The summed E-state index contributed by atoms with van der Waals surface area (Å²) in [5.41, 5.74) is 0.986. The van der Waals surface area contributed by atoms with E-state index in [4.69, 9.17) is 10.6 Å². The summed E-state index contributed by atoms with van der Waals surface area (Å²) >= 11 is 0. The molecule has 0 amide bonds. The summed E-state index contributed by atoms with van der Waals surface area (Å²) in [6.45, 7) is 0.391. The standard InChI is InChI=1S/C11H11N3O5/c12-19-2-1-6-11(18-5-15)14-8-4-10(17)9(16)3-7(8)13-6/h3-5,16-17H,1-2,12H2.